The molecule has 20 heavy (non-hydrogen) atoms. The number of halogens is 2. The van der Waals surface area contributed by atoms with Crippen LogP contribution in [0.5, 0.6) is 0 Å². The molecular weight excluding hydrogens is 360 g/mol. The number of amides is 1. The molecule has 2 aromatic carbocycles. The largest absolute Gasteiger partial charge is 0.399 e. The van der Waals surface area contributed by atoms with Gasteiger partial charge in [0.1, 0.15) is 0 Å². The maximum atomic E-state index is 11.9. The van der Waals surface area contributed by atoms with Crippen molar-refractivity contribution in [1.29, 1.82) is 0 Å². The number of hydrogen-bond donors (Lipinski definition) is 2. The number of anilines is 2. The van der Waals surface area contributed by atoms with Crippen LogP contribution in [0.25, 0.3) is 0 Å². The number of hydrogen-bond acceptors (Lipinski definition) is 3. The highest BCUT2D eigenvalue weighted by atomic mass is 79.9. The van der Waals surface area contributed by atoms with E-state index in [9.17, 15) is 4.79 Å². The van der Waals surface area contributed by atoms with Crippen LogP contribution < -0.4 is 11.1 Å². The molecule has 0 bridgehead atoms. The van der Waals surface area contributed by atoms with E-state index in [0.717, 1.165) is 9.37 Å². The number of thioether (sulfide) groups is 1. The Labute approximate surface area is 135 Å². The van der Waals surface area contributed by atoms with Crippen molar-refractivity contribution in [3.63, 3.8) is 0 Å². The summed E-state index contributed by atoms with van der Waals surface area (Å²) in [4.78, 5) is 12.9. The molecule has 0 fully saturated rings. The average molecular weight is 372 g/mol. The third kappa shape index (κ3) is 4.44. The first-order valence-corrected chi connectivity index (χ1v) is 7.93. The number of carbonyl (C=O) groups excluding carboxylic acids is 1. The van der Waals surface area contributed by atoms with E-state index < -0.39 is 0 Å². The van der Waals surface area contributed by atoms with Gasteiger partial charge in [0.15, 0.2) is 0 Å². The molecule has 6 heteroatoms. The SMILES string of the molecule is Nc1ccc(NC(=O)CSc2cccc(Cl)c2)c(Br)c1. The maximum absolute atomic E-state index is 11.9. The number of carbonyl (C=O) groups is 1. The quantitative estimate of drug-likeness (QED) is 0.618. The zero-order valence-electron chi connectivity index (χ0n) is 10.4. The molecule has 0 aliphatic rings. The van der Waals surface area contributed by atoms with E-state index >= 15 is 0 Å². The van der Waals surface area contributed by atoms with Gasteiger partial charge in [-0.2, -0.15) is 0 Å². The van der Waals surface area contributed by atoms with Crippen LogP contribution in [0.4, 0.5) is 11.4 Å². The van der Waals surface area contributed by atoms with Crippen LogP contribution in [0, 0.1) is 0 Å². The second kappa shape index (κ2) is 7.02. The summed E-state index contributed by atoms with van der Waals surface area (Å²) >= 11 is 10.7. The van der Waals surface area contributed by atoms with Gasteiger partial charge in [0.2, 0.25) is 5.91 Å². The van der Waals surface area contributed by atoms with E-state index in [2.05, 4.69) is 21.2 Å². The summed E-state index contributed by atoms with van der Waals surface area (Å²) in [6.07, 6.45) is 0. The second-order valence-electron chi connectivity index (χ2n) is 4.03. The van der Waals surface area contributed by atoms with Gasteiger partial charge in [-0.25, -0.2) is 0 Å². The zero-order chi connectivity index (χ0) is 14.5. The minimum atomic E-state index is -0.0829. The molecule has 1 amide bonds. The van der Waals surface area contributed by atoms with Gasteiger partial charge < -0.3 is 11.1 Å². The second-order valence-corrected chi connectivity index (χ2v) is 6.37. The van der Waals surface area contributed by atoms with Crippen LogP contribution in [0.3, 0.4) is 0 Å². The topological polar surface area (TPSA) is 55.1 Å². The third-order valence-electron chi connectivity index (χ3n) is 2.43. The van der Waals surface area contributed by atoms with Crippen LogP contribution in [0.2, 0.25) is 5.02 Å². The standard InChI is InChI=1S/C14H12BrClN2OS/c15-12-7-10(17)4-5-13(12)18-14(19)8-20-11-3-1-2-9(16)6-11/h1-7H,8,17H2,(H,18,19). The van der Waals surface area contributed by atoms with Gasteiger partial charge in [0, 0.05) is 20.1 Å². The van der Waals surface area contributed by atoms with Crippen molar-refractivity contribution < 1.29 is 4.79 Å². The molecule has 0 unspecified atom stereocenters. The van der Waals surface area contributed by atoms with Crippen LogP contribution in [0.1, 0.15) is 0 Å². The highest BCUT2D eigenvalue weighted by molar-refractivity contribution is 9.10. The number of nitrogen functional groups attached to an aromatic ring is 1. The number of nitrogens with two attached hydrogens (primary N) is 1. The highest BCUT2D eigenvalue weighted by Crippen LogP contribution is 2.26. The van der Waals surface area contributed by atoms with E-state index in [0.29, 0.717) is 22.2 Å². The Hall–Kier alpha value is -1.17. The van der Waals surface area contributed by atoms with Crippen LogP contribution >= 0.6 is 39.3 Å². The molecule has 104 valence electrons. The molecule has 2 aromatic rings. The van der Waals surface area contributed by atoms with Gasteiger partial charge in [0.05, 0.1) is 11.4 Å². The van der Waals surface area contributed by atoms with Gasteiger partial charge in [-0.3, -0.25) is 4.79 Å². The van der Waals surface area contributed by atoms with E-state index in [-0.39, 0.29) is 5.91 Å². The molecule has 0 spiro atoms. The smallest absolute Gasteiger partial charge is 0.234 e. The number of nitrogens with one attached hydrogen (secondary N) is 1. The summed E-state index contributed by atoms with van der Waals surface area (Å²) in [5.41, 5.74) is 6.99. The Morgan fingerprint density at radius 1 is 1.30 bits per heavy atom. The van der Waals surface area contributed by atoms with Crippen LogP contribution in [-0.4, -0.2) is 11.7 Å². The van der Waals surface area contributed by atoms with Crippen LogP contribution in [-0.2, 0) is 4.79 Å². The fourth-order valence-electron chi connectivity index (χ4n) is 1.52. The Bertz CT molecular complexity index is 636. The van der Waals surface area contributed by atoms with Crippen molar-refractivity contribution in [2.24, 2.45) is 0 Å². The summed E-state index contributed by atoms with van der Waals surface area (Å²) in [7, 11) is 0. The van der Waals surface area contributed by atoms with Gasteiger partial charge in [-0.1, -0.05) is 17.7 Å². The molecule has 0 heterocycles. The highest BCUT2D eigenvalue weighted by Gasteiger charge is 2.07. The predicted octanol–water partition coefficient (Wildman–Crippen LogP) is 4.42. The first-order valence-electron chi connectivity index (χ1n) is 5.78. The lowest BCUT2D eigenvalue weighted by Gasteiger charge is -2.08. The van der Waals surface area contributed by atoms with Crippen molar-refractivity contribution in [3.05, 3.63) is 52.0 Å². The maximum Gasteiger partial charge on any atom is 0.234 e. The molecule has 0 radical (unpaired) electrons. The van der Waals surface area contributed by atoms with Crippen molar-refractivity contribution >= 4 is 56.6 Å². The van der Waals surface area contributed by atoms with E-state index in [4.69, 9.17) is 17.3 Å². The van der Waals surface area contributed by atoms with E-state index in [1.165, 1.54) is 11.8 Å². The number of rotatable bonds is 4. The van der Waals surface area contributed by atoms with Crippen LogP contribution in [0.15, 0.2) is 51.8 Å². The predicted molar refractivity (Wildman–Crippen MR) is 89.4 cm³/mol. The molecule has 0 aromatic heterocycles. The Kier molecular flexibility index (Phi) is 5.34. The molecule has 0 saturated heterocycles. The van der Waals surface area contributed by atoms with E-state index in [1.54, 1.807) is 24.3 Å². The van der Waals surface area contributed by atoms with E-state index in [1.807, 2.05) is 18.2 Å². The molecule has 0 aliphatic heterocycles. The van der Waals surface area contributed by atoms with Crippen molar-refractivity contribution in [1.82, 2.24) is 0 Å². The normalized spacial score (nSPS) is 10.3. The summed E-state index contributed by atoms with van der Waals surface area (Å²) < 4.78 is 0.763. The zero-order valence-corrected chi connectivity index (χ0v) is 13.6. The molecule has 2 rings (SSSR count). The first kappa shape index (κ1) is 15.2. The minimum absolute atomic E-state index is 0.0829. The molecule has 3 nitrogen and oxygen atoms in total. The summed E-state index contributed by atoms with van der Waals surface area (Å²) in [6.45, 7) is 0. The van der Waals surface area contributed by atoms with Gasteiger partial charge >= 0.3 is 0 Å². The number of benzene rings is 2. The molecular formula is C14H12BrClN2OS. The molecule has 0 saturated carbocycles. The first-order chi connectivity index (χ1) is 9.54. The van der Waals surface area contributed by atoms with Gasteiger partial charge in [-0.15, -0.1) is 11.8 Å². The Morgan fingerprint density at radius 2 is 2.10 bits per heavy atom. The van der Waals surface area contributed by atoms with Crippen molar-refractivity contribution in [2.45, 2.75) is 4.90 Å². The van der Waals surface area contributed by atoms with Crippen molar-refractivity contribution in [3.8, 4) is 0 Å². The Morgan fingerprint density at radius 3 is 2.80 bits per heavy atom. The molecule has 0 atom stereocenters. The fraction of sp³-hybridized carbons (Fsp3) is 0.0714. The van der Waals surface area contributed by atoms with Crippen molar-refractivity contribution in [2.75, 3.05) is 16.8 Å². The molecule has 3 N–H and O–H groups in total. The minimum Gasteiger partial charge on any atom is -0.399 e. The van der Waals surface area contributed by atoms with Gasteiger partial charge in [0.25, 0.3) is 0 Å². The van der Waals surface area contributed by atoms with Gasteiger partial charge in [-0.05, 0) is 52.3 Å². The summed E-state index contributed by atoms with van der Waals surface area (Å²) in [6, 6.07) is 12.7. The lowest BCUT2D eigenvalue weighted by atomic mass is 10.3. The summed E-state index contributed by atoms with van der Waals surface area (Å²) in [5, 5.41) is 3.49. The monoisotopic (exact) mass is 370 g/mol. The third-order valence-corrected chi connectivity index (χ3v) is 4.32. The lowest BCUT2D eigenvalue weighted by Crippen LogP contribution is -2.14. The lowest BCUT2D eigenvalue weighted by molar-refractivity contribution is -0.113. The fourth-order valence-corrected chi connectivity index (χ4v) is 3.03. The average Bonchev–Trinajstić information content (AvgIpc) is 2.40. The summed E-state index contributed by atoms with van der Waals surface area (Å²) in [5.74, 6) is 0.234. The molecule has 0 aliphatic carbocycles. The Balaban J connectivity index is 1.92.